The average molecular weight is 426 g/mol. The zero-order valence-electron chi connectivity index (χ0n) is 16.4. The minimum absolute atomic E-state index is 0.0475. The Bertz CT molecular complexity index is 609. The van der Waals surface area contributed by atoms with Gasteiger partial charge in [-0.2, -0.15) is 0 Å². The predicted molar refractivity (Wildman–Crippen MR) is 100 cm³/mol. The molecular weight excluding hydrogens is 400 g/mol. The van der Waals surface area contributed by atoms with Crippen LogP contribution in [0.1, 0.15) is 51.4 Å². The summed E-state index contributed by atoms with van der Waals surface area (Å²) in [5.74, 6) is -6.23. The van der Waals surface area contributed by atoms with Gasteiger partial charge in [-0.05, 0) is 25.7 Å². The molecule has 0 spiro atoms. The number of hydrogen-bond donors (Lipinski definition) is 4. The van der Waals surface area contributed by atoms with Gasteiger partial charge in [-0.25, -0.2) is 19.2 Å². The van der Waals surface area contributed by atoms with E-state index in [2.05, 4.69) is 20.0 Å². The Balaban J connectivity index is 4.80. The van der Waals surface area contributed by atoms with Crippen LogP contribution in [0.3, 0.4) is 0 Å². The Morgan fingerprint density at radius 1 is 0.567 bits per heavy atom. The van der Waals surface area contributed by atoms with Gasteiger partial charge in [0.25, 0.3) is 11.7 Å². The van der Waals surface area contributed by atoms with Crippen LogP contribution in [0.2, 0.25) is 0 Å². The highest BCUT2D eigenvalue weighted by Gasteiger charge is 2.37. The Morgan fingerprint density at radius 3 is 1.10 bits per heavy atom. The van der Waals surface area contributed by atoms with Crippen molar-refractivity contribution in [2.45, 2.75) is 63.1 Å². The van der Waals surface area contributed by atoms with Crippen molar-refractivity contribution in [3.05, 3.63) is 0 Å². The first kappa shape index (κ1) is 27.4. The minimum Gasteiger partial charge on any atom is -0.396 e. The standard InChI is InChI=1S/C18H26N4O8/c23-9-7-15(17(29,19-11-25)20-12-26)5-3-1-2-4-6-16(8-10-24)18(30,21-13-27)22-14-28/h15-16,23-24,29-30H,1-10H2. The summed E-state index contributed by atoms with van der Waals surface area (Å²) in [5, 5.41) is 38.7. The lowest BCUT2D eigenvalue weighted by atomic mass is 9.90. The summed E-state index contributed by atoms with van der Waals surface area (Å²) in [6.07, 6.45) is 7.63. The van der Waals surface area contributed by atoms with E-state index in [0.717, 1.165) is 24.3 Å². The second-order valence-electron chi connectivity index (χ2n) is 6.60. The molecule has 0 fully saturated rings. The van der Waals surface area contributed by atoms with E-state index in [1.807, 2.05) is 0 Å². The molecule has 30 heavy (non-hydrogen) atoms. The van der Waals surface area contributed by atoms with Gasteiger partial charge in [-0.3, -0.25) is 0 Å². The molecule has 12 nitrogen and oxygen atoms in total. The van der Waals surface area contributed by atoms with Gasteiger partial charge in [0.05, 0.1) is 0 Å². The molecule has 0 heterocycles. The van der Waals surface area contributed by atoms with Gasteiger partial charge in [0.15, 0.2) is 0 Å². The van der Waals surface area contributed by atoms with Crippen LogP contribution in [0.4, 0.5) is 0 Å². The van der Waals surface area contributed by atoms with Crippen LogP contribution in [0.5, 0.6) is 0 Å². The fourth-order valence-electron chi connectivity index (χ4n) is 3.19. The largest absolute Gasteiger partial charge is 0.396 e. The van der Waals surface area contributed by atoms with Crippen LogP contribution in [0.25, 0.3) is 0 Å². The topological polar surface area (TPSA) is 199 Å². The van der Waals surface area contributed by atoms with Crippen molar-refractivity contribution in [1.82, 2.24) is 0 Å². The van der Waals surface area contributed by atoms with E-state index in [-0.39, 0.29) is 26.1 Å². The highest BCUT2D eigenvalue weighted by atomic mass is 16.3. The maximum absolute atomic E-state index is 10.5. The van der Waals surface area contributed by atoms with Crippen molar-refractivity contribution in [2.24, 2.45) is 31.8 Å². The summed E-state index contributed by atoms with van der Waals surface area (Å²) < 4.78 is 0. The molecule has 0 aliphatic rings. The lowest BCUT2D eigenvalue weighted by molar-refractivity contribution is -0.0178. The number of aliphatic hydroxyl groups excluding tert-OH is 2. The normalized spacial score (nSPS) is 16.3. The van der Waals surface area contributed by atoms with Crippen molar-refractivity contribution >= 4 is 24.3 Å². The van der Waals surface area contributed by atoms with Gasteiger partial charge in [0.1, 0.15) is 0 Å². The molecule has 0 saturated heterocycles. The second kappa shape index (κ2) is 15.2. The highest BCUT2D eigenvalue weighted by Crippen LogP contribution is 2.31. The maximum Gasteiger partial charge on any atom is 0.278 e. The first-order valence-electron chi connectivity index (χ1n) is 9.40. The van der Waals surface area contributed by atoms with Gasteiger partial charge in [-0.1, -0.05) is 25.7 Å². The highest BCUT2D eigenvalue weighted by molar-refractivity contribution is 5.38. The third kappa shape index (κ3) is 9.24. The van der Waals surface area contributed by atoms with Crippen LogP contribution in [-0.2, 0) is 19.2 Å². The Labute approximate surface area is 172 Å². The molecule has 2 unspecified atom stereocenters. The molecule has 12 heteroatoms. The number of hydrogen-bond acceptors (Lipinski definition) is 12. The summed E-state index contributed by atoms with van der Waals surface area (Å²) in [7, 11) is 0. The summed E-state index contributed by atoms with van der Waals surface area (Å²) >= 11 is 0. The van der Waals surface area contributed by atoms with Gasteiger partial charge < -0.3 is 20.4 Å². The Hall–Kier alpha value is -2.64. The fraction of sp³-hybridized carbons (Fsp3) is 0.778. The molecule has 0 aromatic rings. The zero-order valence-corrected chi connectivity index (χ0v) is 16.4. The molecule has 2 atom stereocenters. The van der Waals surface area contributed by atoms with E-state index >= 15 is 0 Å². The SMILES string of the molecule is O=C=NC(O)(N=C=O)C(CCO)CCCCCCC(CCO)C(O)(N=C=O)N=C=O. The first-order chi connectivity index (χ1) is 14.4. The van der Waals surface area contributed by atoms with Crippen molar-refractivity contribution < 1.29 is 39.6 Å². The van der Waals surface area contributed by atoms with Crippen molar-refractivity contribution in [2.75, 3.05) is 13.2 Å². The zero-order chi connectivity index (χ0) is 22.9. The molecule has 0 saturated carbocycles. The smallest absolute Gasteiger partial charge is 0.278 e. The van der Waals surface area contributed by atoms with E-state index in [1.54, 1.807) is 0 Å². The van der Waals surface area contributed by atoms with Gasteiger partial charge >= 0.3 is 0 Å². The molecule has 0 aromatic heterocycles. The average Bonchev–Trinajstić information content (AvgIpc) is 2.69. The number of rotatable bonds is 17. The predicted octanol–water partition coefficient (Wildman–Crippen LogP) is -0.0404. The number of unbranched alkanes of at least 4 members (excludes halogenated alkanes) is 3. The molecule has 0 amide bonds. The quantitative estimate of drug-likeness (QED) is 0.141. The van der Waals surface area contributed by atoms with Crippen molar-refractivity contribution in [1.29, 1.82) is 0 Å². The third-order valence-corrected chi connectivity index (χ3v) is 4.75. The molecule has 0 aromatic carbocycles. The molecule has 166 valence electrons. The van der Waals surface area contributed by atoms with Crippen LogP contribution < -0.4 is 0 Å². The molecule has 0 aliphatic carbocycles. The van der Waals surface area contributed by atoms with Gasteiger partial charge in [0, 0.05) is 25.0 Å². The first-order valence-corrected chi connectivity index (χ1v) is 9.40. The minimum atomic E-state index is -2.32. The monoisotopic (exact) mass is 426 g/mol. The molecule has 0 aliphatic heterocycles. The van der Waals surface area contributed by atoms with Crippen LogP contribution in [0.15, 0.2) is 20.0 Å². The second-order valence-corrected chi connectivity index (χ2v) is 6.60. The van der Waals surface area contributed by atoms with E-state index < -0.39 is 23.5 Å². The number of aliphatic imine (C=N–C) groups is 4. The number of aliphatic hydroxyl groups is 4. The molecule has 4 N–H and O–H groups in total. The van der Waals surface area contributed by atoms with E-state index in [1.165, 1.54) is 0 Å². The summed E-state index contributed by atoms with van der Waals surface area (Å²) in [5.41, 5.74) is 0. The van der Waals surface area contributed by atoms with E-state index in [0.29, 0.717) is 38.5 Å². The third-order valence-electron chi connectivity index (χ3n) is 4.75. The number of nitrogens with zero attached hydrogens (tertiary/aromatic N) is 4. The van der Waals surface area contributed by atoms with Crippen LogP contribution in [-0.4, -0.2) is 69.7 Å². The van der Waals surface area contributed by atoms with E-state index in [9.17, 15) is 29.4 Å². The number of carbonyl (C=O) groups excluding carboxylic acids is 4. The summed E-state index contributed by atoms with van der Waals surface area (Å²) in [4.78, 5) is 54.7. The molecule has 0 rings (SSSR count). The Kier molecular flexibility index (Phi) is 13.9. The molecular formula is C18H26N4O8. The fourth-order valence-corrected chi connectivity index (χ4v) is 3.19. The Morgan fingerprint density at radius 2 is 0.867 bits per heavy atom. The molecule has 0 radical (unpaired) electrons. The lowest BCUT2D eigenvalue weighted by Gasteiger charge is -2.26. The summed E-state index contributed by atoms with van der Waals surface area (Å²) in [6.45, 7) is -0.628. The lowest BCUT2D eigenvalue weighted by Crippen LogP contribution is -2.34. The van der Waals surface area contributed by atoms with E-state index in [4.69, 9.17) is 10.2 Å². The van der Waals surface area contributed by atoms with Crippen LogP contribution >= 0.6 is 0 Å². The maximum atomic E-state index is 10.5. The van der Waals surface area contributed by atoms with Crippen molar-refractivity contribution in [3.8, 4) is 0 Å². The van der Waals surface area contributed by atoms with Crippen LogP contribution in [0, 0.1) is 11.8 Å². The van der Waals surface area contributed by atoms with Crippen molar-refractivity contribution in [3.63, 3.8) is 0 Å². The van der Waals surface area contributed by atoms with Gasteiger partial charge in [-0.15, -0.1) is 20.0 Å². The number of isocyanates is 4. The molecule has 0 bridgehead atoms. The summed E-state index contributed by atoms with van der Waals surface area (Å²) in [6, 6.07) is 0. The van der Waals surface area contributed by atoms with Gasteiger partial charge in [0.2, 0.25) is 24.3 Å².